The molecule has 3 aromatic rings. The number of carbonyl (C=O) groups is 1. The predicted molar refractivity (Wildman–Crippen MR) is 111 cm³/mol. The summed E-state index contributed by atoms with van der Waals surface area (Å²) < 4.78 is 1.61. The summed E-state index contributed by atoms with van der Waals surface area (Å²) in [7, 11) is 0. The third-order valence-corrected chi connectivity index (χ3v) is 5.30. The normalized spacial score (nSPS) is 11.3. The molecule has 0 unspecified atom stereocenters. The maximum atomic E-state index is 12.8. The fourth-order valence-electron chi connectivity index (χ4n) is 2.79. The van der Waals surface area contributed by atoms with Crippen LogP contribution in [-0.4, -0.2) is 26.2 Å². The molecule has 1 amide bonds. The van der Waals surface area contributed by atoms with Crippen LogP contribution in [0.4, 0.5) is 5.69 Å². The van der Waals surface area contributed by atoms with E-state index in [1.165, 1.54) is 11.8 Å². The number of rotatable bonds is 5. The van der Waals surface area contributed by atoms with Gasteiger partial charge in [-0.25, -0.2) is 4.98 Å². The molecular formula is C19H21ClN4O2S. The molecule has 1 aromatic carbocycles. The predicted octanol–water partition coefficient (Wildman–Crippen LogP) is 4.31. The van der Waals surface area contributed by atoms with Crippen LogP contribution in [0.15, 0.2) is 34.2 Å². The first-order chi connectivity index (χ1) is 12.8. The quantitative estimate of drug-likeness (QED) is 0.490. The summed E-state index contributed by atoms with van der Waals surface area (Å²) >= 11 is 7.40. The van der Waals surface area contributed by atoms with Gasteiger partial charge in [-0.2, -0.15) is 0 Å². The molecule has 0 radical (unpaired) electrons. The fraction of sp³-hybridized carbons (Fsp3) is 0.316. The zero-order valence-corrected chi connectivity index (χ0v) is 17.2. The van der Waals surface area contributed by atoms with E-state index in [-0.39, 0.29) is 23.3 Å². The van der Waals surface area contributed by atoms with Crippen LogP contribution < -0.4 is 10.9 Å². The molecule has 2 aromatic heterocycles. The molecule has 0 bridgehead atoms. The second-order valence-corrected chi connectivity index (χ2v) is 8.05. The lowest BCUT2D eigenvalue weighted by atomic mass is 10.2. The lowest BCUT2D eigenvalue weighted by molar-refractivity contribution is -0.113. The molecule has 0 spiro atoms. The molecule has 0 saturated heterocycles. The average Bonchev–Trinajstić information content (AvgIpc) is 2.96. The number of nitrogens with one attached hydrogen (secondary N) is 2. The van der Waals surface area contributed by atoms with Gasteiger partial charge >= 0.3 is 0 Å². The van der Waals surface area contributed by atoms with E-state index in [9.17, 15) is 9.59 Å². The molecule has 0 aliphatic carbocycles. The Hall–Kier alpha value is -2.25. The Labute approximate surface area is 166 Å². The van der Waals surface area contributed by atoms with Crippen LogP contribution in [0, 0.1) is 13.8 Å². The van der Waals surface area contributed by atoms with Crippen molar-refractivity contribution in [2.75, 3.05) is 11.1 Å². The Balaban J connectivity index is 1.82. The second-order valence-electron chi connectivity index (χ2n) is 6.70. The van der Waals surface area contributed by atoms with Gasteiger partial charge in [0.25, 0.3) is 5.56 Å². The molecule has 0 atom stereocenters. The van der Waals surface area contributed by atoms with E-state index in [1.807, 2.05) is 39.8 Å². The molecule has 2 heterocycles. The van der Waals surface area contributed by atoms with Gasteiger partial charge in [0.05, 0.1) is 22.0 Å². The van der Waals surface area contributed by atoms with Crippen LogP contribution in [0.25, 0.3) is 11.0 Å². The van der Waals surface area contributed by atoms with Gasteiger partial charge in [0, 0.05) is 11.7 Å². The van der Waals surface area contributed by atoms with Crippen molar-refractivity contribution in [2.45, 2.75) is 38.9 Å². The van der Waals surface area contributed by atoms with Crippen LogP contribution >= 0.6 is 23.4 Å². The van der Waals surface area contributed by atoms with Gasteiger partial charge in [-0.3, -0.25) is 14.2 Å². The van der Waals surface area contributed by atoms with Crippen LogP contribution in [0.1, 0.15) is 31.1 Å². The molecule has 0 saturated carbocycles. The first-order valence-electron chi connectivity index (χ1n) is 8.57. The van der Waals surface area contributed by atoms with Crippen molar-refractivity contribution in [3.8, 4) is 0 Å². The largest absolute Gasteiger partial charge is 0.353 e. The smallest absolute Gasteiger partial charge is 0.278 e. The number of hydrogen-bond donors (Lipinski definition) is 2. The fourth-order valence-corrected chi connectivity index (χ4v) is 4.00. The molecule has 142 valence electrons. The van der Waals surface area contributed by atoms with E-state index in [0.29, 0.717) is 26.9 Å². The van der Waals surface area contributed by atoms with Crippen LogP contribution in [-0.2, 0) is 4.79 Å². The summed E-state index contributed by atoms with van der Waals surface area (Å²) in [5.74, 6) is -0.0844. The summed E-state index contributed by atoms with van der Waals surface area (Å²) in [6.07, 6.45) is 0. The number of hydrogen-bond acceptors (Lipinski definition) is 4. The highest BCUT2D eigenvalue weighted by Crippen LogP contribution is 2.24. The number of aromatic amines is 1. The number of halogens is 1. The minimum absolute atomic E-state index is 0.0740. The minimum atomic E-state index is -0.208. The summed E-state index contributed by atoms with van der Waals surface area (Å²) in [5.41, 5.74) is 3.43. The van der Waals surface area contributed by atoms with E-state index in [2.05, 4.69) is 15.3 Å². The number of fused-ring (bicyclic) bond motifs is 1. The SMILES string of the molecule is Cc1ccc(NC(=O)CSc2nc3cc(C)[nH]c3c(=O)n2C(C)C)c(Cl)c1. The van der Waals surface area contributed by atoms with E-state index in [0.717, 1.165) is 11.3 Å². The lowest BCUT2D eigenvalue weighted by Crippen LogP contribution is -2.25. The number of aromatic nitrogens is 3. The maximum absolute atomic E-state index is 12.8. The lowest BCUT2D eigenvalue weighted by Gasteiger charge is -2.15. The highest BCUT2D eigenvalue weighted by atomic mass is 35.5. The van der Waals surface area contributed by atoms with Crippen molar-refractivity contribution in [1.29, 1.82) is 0 Å². The van der Waals surface area contributed by atoms with Crippen LogP contribution in [0.5, 0.6) is 0 Å². The molecule has 0 aliphatic rings. The highest BCUT2D eigenvalue weighted by Gasteiger charge is 2.17. The van der Waals surface area contributed by atoms with Crippen molar-refractivity contribution in [1.82, 2.24) is 14.5 Å². The number of anilines is 1. The summed E-state index contributed by atoms with van der Waals surface area (Å²) in [6.45, 7) is 7.65. The Morgan fingerprint density at radius 1 is 1.33 bits per heavy atom. The molecule has 2 N–H and O–H groups in total. The second kappa shape index (κ2) is 7.78. The molecule has 8 heteroatoms. The Morgan fingerprint density at radius 2 is 2.07 bits per heavy atom. The number of H-pyrrole nitrogens is 1. The van der Waals surface area contributed by atoms with E-state index < -0.39 is 0 Å². The van der Waals surface area contributed by atoms with Crippen molar-refractivity contribution in [2.24, 2.45) is 0 Å². The van der Waals surface area contributed by atoms with Gasteiger partial charge < -0.3 is 10.3 Å². The summed E-state index contributed by atoms with van der Waals surface area (Å²) in [4.78, 5) is 32.8. The van der Waals surface area contributed by atoms with Crippen molar-refractivity contribution < 1.29 is 4.79 Å². The number of nitrogens with zero attached hydrogens (tertiary/aromatic N) is 2. The zero-order valence-electron chi connectivity index (χ0n) is 15.6. The van der Waals surface area contributed by atoms with Crippen molar-refractivity contribution in [3.05, 3.63) is 50.9 Å². The number of thioether (sulfide) groups is 1. The number of carbonyl (C=O) groups excluding carboxylic acids is 1. The topological polar surface area (TPSA) is 79.8 Å². The van der Waals surface area contributed by atoms with Crippen LogP contribution in [0.2, 0.25) is 5.02 Å². The van der Waals surface area contributed by atoms with Crippen molar-refractivity contribution in [3.63, 3.8) is 0 Å². The van der Waals surface area contributed by atoms with Crippen molar-refractivity contribution >= 4 is 46.0 Å². The van der Waals surface area contributed by atoms with E-state index in [1.54, 1.807) is 16.7 Å². The average molecular weight is 405 g/mol. The van der Waals surface area contributed by atoms with Gasteiger partial charge in [0.1, 0.15) is 5.52 Å². The Kier molecular flexibility index (Phi) is 5.62. The van der Waals surface area contributed by atoms with Crippen LogP contribution in [0.3, 0.4) is 0 Å². The third-order valence-electron chi connectivity index (χ3n) is 4.03. The number of aryl methyl sites for hydroxylation is 2. The standard InChI is InChI=1S/C19H21ClN4O2S/c1-10(2)24-18(26)17-15(8-12(4)21-17)23-19(24)27-9-16(25)22-14-6-5-11(3)7-13(14)20/h5-8,10,21H,9H2,1-4H3,(H,22,25). The molecule has 6 nitrogen and oxygen atoms in total. The summed E-state index contributed by atoms with van der Waals surface area (Å²) in [6, 6.07) is 7.21. The first-order valence-corrected chi connectivity index (χ1v) is 9.93. The number of benzene rings is 1. The maximum Gasteiger partial charge on any atom is 0.278 e. The van der Waals surface area contributed by atoms with E-state index >= 15 is 0 Å². The molecular weight excluding hydrogens is 384 g/mol. The Bertz CT molecular complexity index is 1070. The zero-order chi connectivity index (χ0) is 19.7. The molecule has 27 heavy (non-hydrogen) atoms. The molecule has 3 rings (SSSR count). The van der Waals surface area contributed by atoms with E-state index in [4.69, 9.17) is 11.6 Å². The van der Waals surface area contributed by atoms with Gasteiger partial charge in [0.15, 0.2) is 5.16 Å². The van der Waals surface area contributed by atoms with Gasteiger partial charge in [-0.1, -0.05) is 29.4 Å². The molecule has 0 fully saturated rings. The van der Waals surface area contributed by atoms with Gasteiger partial charge in [-0.15, -0.1) is 0 Å². The Morgan fingerprint density at radius 3 is 2.74 bits per heavy atom. The molecule has 0 aliphatic heterocycles. The highest BCUT2D eigenvalue weighted by molar-refractivity contribution is 7.99. The minimum Gasteiger partial charge on any atom is -0.353 e. The van der Waals surface area contributed by atoms with Gasteiger partial charge in [0.2, 0.25) is 5.91 Å². The van der Waals surface area contributed by atoms with Gasteiger partial charge in [-0.05, 0) is 51.5 Å². The number of amides is 1. The summed E-state index contributed by atoms with van der Waals surface area (Å²) in [5, 5.41) is 3.81. The third kappa shape index (κ3) is 4.20. The monoisotopic (exact) mass is 404 g/mol. The first kappa shape index (κ1) is 19.5.